The Bertz CT molecular complexity index is 1100. The van der Waals surface area contributed by atoms with Crippen LogP contribution >= 0.6 is 0 Å². The van der Waals surface area contributed by atoms with Crippen molar-refractivity contribution in [2.45, 2.75) is 57.0 Å². The van der Waals surface area contributed by atoms with Gasteiger partial charge >= 0.3 is 0 Å². The highest BCUT2D eigenvalue weighted by atomic mass is 32.2. The molecule has 0 aromatic carbocycles. The molecule has 0 unspecified atom stereocenters. The van der Waals surface area contributed by atoms with E-state index in [-0.39, 0.29) is 17.6 Å². The Morgan fingerprint density at radius 3 is 2.57 bits per heavy atom. The second-order valence-corrected chi connectivity index (χ2v) is 10.3. The molecule has 0 atom stereocenters. The zero-order chi connectivity index (χ0) is 21.3. The van der Waals surface area contributed by atoms with E-state index in [2.05, 4.69) is 16.9 Å². The van der Waals surface area contributed by atoms with Crippen molar-refractivity contribution in [2.75, 3.05) is 24.7 Å². The zero-order valence-corrected chi connectivity index (χ0v) is 18.2. The fraction of sp³-hybridized carbons (Fsp3) is 0.571. The molecular formula is C21H29N5O3S. The number of allylic oxidation sites excluding steroid dienone is 1. The monoisotopic (exact) mass is 431 g/mol. The van der Waals surface area contributed by atoms with Gasteiger partial charge in [0.1, 0.15) is 5.65 Å². The van der Waals surface area contributed by atoms with Crippen LogP contribution in [0.2, 0.25) is 0 Å². The minimum absolute atomic E-state index is 0.0143. The summed E-state index contributed by atoms with van der Waals surface area (Å²) < 4.78 is 26.8. The van der Waals surface area contributed by atoms with Gasteiger partial charge in [-0.05, 0) is 38.2 Å². The molecule has 0 spiro atoms. The van der Waals surface area contributed by atoms with Crippen molar-refractivity contribution in [2.24, 2.45) is 0 Å². The highest BCUT2D eigenvalue weighted by Crippen LogP contribution is 2.31. The van der Waals surface area contributed by atoms with Crippen molar-refractivity contribution >= 4 is 27.0 Å². The number of hydrogen-bond donors (Lipinski definition) is 1. The van der Waals surface area contributed by atoms with E-state index in [1.807, 2.05) is 10.6 Å². The van der Waals surface area contributed by atoms with E-state index >= 15 is 0 Å². The lowest BCUT2D eigenvalue weighted by Gasteiger charge is -2.30. The van der Waals surface area contributed by atoms with E-state index in [4.69, 9.17) is 4.98 Å². The van der Waals surface area contributed by atoms with Crippen LogP contribution in [0.3, 0.4) is 0 Å². The van der Waals surface area contributed by atoms with Crippen LogP contribution in [0.5, 0.6) is 0 Å². The fourth-order valence-corrected chi connectivity index (χ4v) is 5.44. The van der Waals surface area contributed by atoms with Gasteiger partial charge in [0, 0.05) is 42.3 Å². The van der Waals surface area contributed by atoms with Gasteiger partial charge < -0.3 is 5.32 Å². The molecule has 30 heavy (non-hydrogen) atoms. The molecule has 2 aromatic rings. The molecule has 4 rings (SSSR count). The number of pyridine rings is 1. The molecule has 0 radical (unpaired) electrons. The molecule has 1 saturated carbocycles. The summed E-state index contributed by atoms with van der Waals surface area (Å²) >= 11 is 0. The van der Waals surface area contributed by atoms with Crippen molar-refractivity contribution < 1.29 is 8.42 Å². The predicted molar refractivity (Wildman–Crippen MR) is 118 cm³/mol. The van der Waals surface area contributed by atoms with Crippen LogP contribution < -0.4 is 10.9 Å². The van der Waals surface area contributed by atoms with Gasteiger partial charge in [-0.2, -0.15) is 4.98 Å². The lowest BCUT2D eigenvalue weighted by molar-refractivity contribution is 0.331. The van der Waals surface area contributed by atoms with E-state index in [9.17, 15) is 13.2 Å². The number of aromatic nitrogens is 3. The number of rotatable bonds is 6. The van der Waals surface area contributed by atoms with Gasteiger partial charge in [0.05, 0.1) is 6.26 Å². The minimum Gasteiger partial charge on any atom is -0.351 e. The van der Waals surface area contributed by atoms with Crippen LogP contribution in [0.1, 0.15) is 50.1 Å². The quantitative estimate of drug-likeness (QED) is 0.706. The number of hydrogen-bond acceptors (Lipinski definition) is 6. The molecule has 2 aromatic heterocycles. The number of sulfonamides is 1. The van der Waals surface area contributed by atoms with Crippen molar-refractivity contribution in [3.8, 4) is 0 Å². The molecule has 1 saturated heterocycles. The number of anilines is 1. The third-order valence-electron chi connectivity index (χ3n) is 6.16. The first kappa shape index (κ1) is 21.0. The maximum Gasteiger partial charge on any atom is 0.255 e. The van der Waals surface area contributed by atoms with Crippen LogP contribution in [0.25, 0.3) is 11.0 Å². The van der Waals surface area contributed by atoms with Crippen molar-refractivity contribution in [1.29, 1.82) is 0 Å². The predicted octanol–water partition coefficient (Wildman–Crippen LogP) is 2.47. The summed E-state index contributed by atoms with van der Waals surface area (Å²) in [5.41, 5.74) is 1.41. The fourth-order valence-electron chi connectivity index (χ4n) is 4.56. The van der Waals surface area contributed by atoms with Gasteiger partial charge in [0.2, 0.25) is 16.0 Å². The molecule has 1 aliphatic carbocycles. The largest absolute Gasteiger partial charge is 0.351 e. The van der Waals surface area contributed by atoms with Crippen molar-refractivity contribution in [1.82, 2.24) is 18.8 Å². The molecule has 1 N–H and O–H groups in total. The van der Waals surface area contributed by atoms with Gasteiger partial charge in [0.15, 0.2) is 0 Å². The minimum atomic E-state index is -3.15. The van der Waals surface area contributed by atoms with Gasteiger partial charge in [-0.1, -0.05) is 18.9 Å². The number of nitrogens with zero attached hydrogens (tertiary/aromatic N) is 4. The Hall–Kier alpha value is -2.26. The van der Waals surface area contributed by atoms with Gasteiger partial charge in [-0.3, -0.25) is 9.36 Å². The number of piperidine rings is 1. The van der Waals surface area contributed by atoms with Crippen LogP contribution in [0.15, 0.2) is 29.7 Å². The molecule has 2 fully saturated rings. The number of fused-ring (bicyclic) bond motifs is 1. The molecule has 1 aliphatic heterocycles. The standard InChI is InChI=1S/C21H29N5O3S/c1-3-6-15-13-16-14-22-21(23-17-9-11-25(12-10-17)30(2,28)29)24-19(16)26(20(15)27)18-7-4-5-8-18/h3,13-14,17-18H,1,4-12H2,2H3,(H,22,23,24). The SMILES string of the molecule is C=CCc1cc2cnc(NC3CCN(S(C)(=O)=O)CC3)nc2n(C2CCCC2)c1=O. The third-order valence-corrected chi connectivity index (χ3v) is 7.46. The highest BCUT2D eigenvalue weighted by Gasteiger charge is 2.26. The van der Waals surface area contributed by atoms with Gasteiger partial charge in [-0.25, -0.2) is 17.7 Å². The van der Waals surface area contributed by atoms with Crippen LogP contribution in [0.4, 0.5) is 5.95 Å². The lowest BCUT2D eigenvalue weighted by atomic mass is 10.1. The van der Waals surface area contributed by atoms with E-state index < -0.39 is 10.0 Å². The zero-order valence-electron chi connectivity index (χ0n) is 17.4. The molecule has 9 heteroatoms. The maximum absolute atomic E-state index is 13.2. The average Bonchev–Trinajstić information content (AvgIpc) is 3.23. The van der Waals surface area contributed by atoms with Gasteiger partial charge in [-0.15, -0.1) is 6.58 Å². The first-order chi connectivity index (χ1) is 14.4. The normalized spacial score (nSPS) is 19.4. The Kier molecular flexibility index (Phi) is 5.92. The van der Waals surface area contributed by atoms with Crippen LogP contribution in [-0.2, 0) is 16.4 Å². The first-order valence-electron chi connectivity index (χ1n) is 10.6. The molecule has 2 aliphatic rings. The van der Waals surface area contributed by atoms with Gasteiger partial charge in [0.25, 0.3) is 5.56 Å². The molecule has 0 bridgehead atoms. The Labute approximate surface area is 177 Å². The summed E-state index contributed by atoms with van der Waals surface area (Å²) in [5.74, 6) is 0.489. The molecule has 0 amide bonds. The topological polar surface area (TPSA) is 97.2 Å². The van der Waals surface area contributed by atoms with E-state index in [1.165, 1.54) is 10.6 Å². The third kappa shape index (κ3) is 4.27. The summed E-state index contributed by atoms with van der Waals surface area (Å²) in [4.78, 5) is 22.4. The Morgan fingerprint density at radius 1 is 1.23 bits per heavy atom. The summed E-state index contributed by atoms with van der Waals surface area (Å²) in [7, 11) is -3.15. The Morgan fingerprint density at radius 2 is 1.93 bits per heavy atom. The summed E-state index contributed by atoms with van der Waals surface area (Å²) in [6.45, 7) is 4.75. The van der Waals surface area contributed by atoms with E-state index in [0.29, 0.717) is 43.9 Å². The molecular weight excluding hydrogens is 402 g/mol. The van der Waals surface area contributed by atoms with Crippen LogP contribution in [0, 0.1) is 0 Å². The smallest absolute Gasteiger partial charge is 0.255 e. The summed E-state index contributed by atoms with van der Waals surface area (Å²) in [6.07, 6.45) is 10.9. The highest BCUT2D eigenvalue weighted by molar-refractivity contribution is 7.88. The second-order valence-electron chi connectivity index (χ2n) is 8.33. The lowest BCUT2D eigenvalue weighted by Crippen LogP contribution is -2.42. The van der Waals surface area contributed by atoms with Crippen molar-refractivity contribution in [3.63, 3.8) is 0 Å². The van der Waals surface area contributed by atoms with E-state index in [0.717, 1.165) is 36.6 Å². The second kappa shape index (κ2) is 8.47. The molecule has 8 nitrogen and oxygen atoms in total. The first-order valence-corrected chi connectivity index (χ1v) is 12.5. The van der Waals surface area contributed by atoms with E-state index in [1.54, 1.807) is 12.3 Å². The molecule has 162 valence electrons. The Balaban J connectivity index is 1.63. The number of nitrogens with one attached hydrogen (secondary N) is 1. The average molecular weight is 432 g/mol. The summed E-state index contributed by atoms with van der Waals surface area (Å²) in [6, 6.07) is 2.15. The maximum atomic E-state index is 13.2. The summed E-state index contributed by atoms with van der Waals surface area (Å²) in [5, 5.41) is 4.20. The van der Waals surface area contributed by atoms with Crippen molar-refractivity contribution in [3.05, 3.63) is 40.8 Å². The molecule has 3 heterocycles. The van der Waals surface area contributed by atoms with Crippen LogP contribution in [-0.4, -0.2) is 52.6 Å².